The van der Waals surface area contributed by atoms with Crippen LogP contribution in [0.1, 0.15) is 5.69 Å². The first-order valence-corrected chi connectivity index (χ1v) is 4.22. The van der Waals surface area contributed by atoms with Gasteiger partial charge in [-0.1, -0.05) is 0 Å². The molecular formula is C8H11N5O. The number of hydrogen-bond acceptors (Lipinski definition) is 3. The zero-order valence-corrected chi connectivity index (χ0v) is 8.27. The van der Waals surface area contributed by atoms with Gasteiger partial charge < -0.3 is 0 Å². The van der Waals surface area contributed by atoms with Crippen LogP contribution in [0.4, 0.5) is 0 Å². The van der Waals surface area contributed by atoms with E-state index >= 15 is 0 Å². The highest BCUT2D eigenvalue weighted by Gasteiger charge is 2.11. The van der Waals surface area contributed by atoms with E-state index in [4.69, 9.17) is 0 Å². The molecular weight excluding hydrogens is 182 g/mol. The molecule has 0 atom stereocenters. The predicted octanol–water partition coefficient (Wildman–Crippen LogP) is -0.183. The fourth-order valence-electron chi connectivity index (χ4n) is 1.40. The molecule has 0 aromatic carbocycles. The molecule has 0 aliphatic carbocycles. The van der Waals surface area contributed by atoms with Crippen LogP contribution in [0.25, 0.3) is 11.5 Å². The second-order valence-corrected chi connectivity index (χ2v) is 3.21. The Balaban J connectivity index is 2.65. The summed E-state index contributed by atoms with van der Waals surface area (Å²) in [6.07, 6.45) is 0. The molecule has 2 heterocycles. The average Bonchev–Trinajstić information content (AvgIpc) is 2.59. The van der Waals surface area contributed by atoms with E-state index in [9.17, 15) is 4.79 Å². The van der Waals surface area contributed by atoms with Crippen molar-refractivity contribution in [1.82, 2.24) is 24.5 Å². The number of nitrogens with one attached hydrogen (secondary N) is 1. The Kier molecular flexibility index (Phi) is 1.77. The van der Waals surface area contributed by atoms with Gasteiger partial charge >= 0.3 is 5.69 Å². The zero-order valence-electron chi connectivity index (χ0n) is 8.27. The Morgan fingerprint density at radius 3 is 2.57 bits per heavy atom. The third-order valence-corrected chi connectivity index (χ3v) is 2.11. The first kappa shape index (κ1) is 8.74. The van der Waals surface area contributed by atoms with Gasteiger partial charge in [0.15, 0.2) is 5.82 Å². The summed E-state index contributed by atoms with van der Waals surface area (Å²) in [4.78, 5) is 11.1. The van der Waals surface area contributed by atoms with Crippen molar-refractivity contribution in [3.8, 4) is 11.5 Å². The van der Waals surface area contributed by atoms with E-state index in [0.29, 0.717) is 5.82 Å². The summed E-state index contributed by atoms with van der Waals surface area (Å²) in [6, 6.07) is 1.88. The van der Waals surface area contributed by atoms with Crippen LogP contribution in [0.15, 0.2) is 10.9 Å². The van der Waals surface area contributed by atoms with Gasteiger partial charge in [-0.15, -0.1) is 0 Å². The molecule has 74 valence electrons. The molecule has 1 N–H and O–H groups in total. The lowest BCUT2D eigenvalue weighted by molar-refractivity contribution is 0.750. The summed E-state index contributed by atoms with van der Waals surface area (Å²) in [5, 5.41) is 10.5. The standard InChI is InChI=1S/C8H11N5O/c1-5-4-6(13(3)11-5)7-9-10-8(14)12(7)2/h4H,1-3H3,(H,10,14). The highest BCUT2D eigenvalue weighted by atomic mass is 16.1. The molecule has 0 unspecified atom stereocenters. The molecule has 2 aromatic rings. The SMILES string of the molecule is Cc1cc(-c2n[nH]c(=O)n2C)n(C)n1. The summed E-state index contributed by atoms with van der Waals surface area (Å²) in [5.74, 6) is 0.595. The number of rotatable bonds is 1. The van der Waals surface area contributed by atoms with E-state index in [1.165, 1.54) is 4.57 Å². The van der Waals surface area contributed by atoms with Crippen LogP contribution in [-0.2, 0) is 14.1 Å². The van der Waals surface area contributed by atoms with Crippen LogP contribution in [-0.4, -0.2) is 24.5 Å². The monoisotopic (exact) mass is 193 g/mol. The van der Waals surface area contributed by atoms with Gasteiger partial charge in [-0.05, 0) is 13.0 Å². The fraction of sp³-hybridized carbons (Fsp3) is 0.375. The van der Waals surface area contributed by atoms with Gasteiger partial charge in [-0.25, -0.2) is 9.89 Å². The molecule has 0 radical (unpaired) electrons. The van der Waals surface area contributed by atoms with E-state index < -0.39 is 0 Å². The van der Waals surface area contributed by atoms with Crippen molar-refractivity contribution in [3.05, 3.63) is 22.2 Å². The number of H-pyrrole nitrogens is 1. The Hall–Kier alpha value is -1.85. The average molecular weight is 193 g/mol. The maximum absolute atomic E-state index is 11.1. The third-order valence-electron chi connectivity index (χ3n) is 2.11. The van der Waals surface area contributed by atoms with Crippen molar-refractivity contribution in [1.29, 1.82) is 0 Å². The molecule has 0 spiro atoms. The van der Waals surface area contributed by atoms with Gasteiger partial charge in [0.2, 0.25) is 0 Å². The lowest BCUT2D eigenvalue weighted by Gasteiger charge is -1.98. The largest absolute Gasteiger partial charge is 0.343 e. The molecule has 2 rings (SSSR count). The van der Waals surface area contributed by atoms with E-state index in [1.54, 1.807) is 11.7 Å². The second-order valence-electron chi connectivity index (χ2n) is 3.21. The lowest BCUT2D eigenvalue weighted by Crippen LogP contribution is -2.13. The Morgan fingerprint density at radius 1 is 1.43 bits per heavy atom. The van der Waals surface area contributed by atoms with Gasteiger partial charge in [-0.3, -0.25) is 9.25 Å². The number of aromatic amines is 1. The minimum Gasteiger partial charge on any atom is -0.277 e. The van der Waals surface area contributed by atoms with Crippen LogP contribution in [0.2, 0.25) is 0 Å². The van der Waals surface area contributed by atoms with Crippen molar-refractivity contribution in [2.45, 2.75) is 6.92 Å². The zero-order chi connectivity index (χ0) is 10.3. The van der Waals surface area contributed by atoms with Crippen LogP contribution in [0.3, 0.4) is 0 Å². The first-order valence-electron chi connectivity index (χ1n) is 4.22. The smallest absolute Gasteiger partial charge is 0.277 e. The molecule has 0 aliphatic heterocycles. The van der Waals surface area contributed by atoms with Gasteiger partial charge in [0.05, 0.1) is 5.69 Å². The highest BCUT2D eigenvalue weighted by molar-refractivity contribution is 5.49. The topological polar surface area (TPSA) is 68.5 Å². The van der Waals surface area contributed by atoms with Crippen molar-refractivity contribution in [2.75, 3.05) is 0 Å². The lowest BCUT2D eigenvalue weighted by atomic mass is 10.3. The number of nitrogens with zero attached hydrogens (tertiary/aromatic N) is 4. The third kappa shape index (κ3) is 1.15. The minimum absolute atomic E-state index is 0.223. The van der Waals surface area contributed by atoms with E-state index in [0.717, 1.165) is 11.4 Å². The fourth-order valence-corrected chi connectivity index (χ4v) is 1.40. The molecule has 0 bridgehead atoms. The molecule has 0 saturated heterocycles. The molecule has 0 fully saturated rings. The normalized spacial score (nSPS) is 10.8. The quantitative estimate of drug-likeness (QED) is 0.683. The van der Waals surface area contributed by atoms with Gasteiger partial charge in [0, 0.05) is 14.1 Å². The summed E-state index contributed by atoms with van der Waals surface area (Å²) >= 11 is 0. The molecule has 0 saturated carbocycles. The van der Waals surface area contributed by atoms with Crippen molar-refractivity contribution in [2.24, 2.45) is 14.1 Å². The first-order chi connectivity index (χ1) is 6.59. The maximum Gasteiger partial charge on any atom is 0.343 e. The maximum atomic E-state index is 11.1. The number of hydrogen-bond donors (Lipinski definition) is 1. The second kappa shape index (κ2) is 2.83. The Morgan fingerprint density at radius 2 is 2.14 bits per heavy atom. The molecule has 0 amide bonds. The predicted molar refractivity (Wildman–Crippen MR) is 50.8 cm³/mol. The van der Waals surface area contributed by atoms with Gasteiger partial charge in [0.1, 0.15) is 5.69 Å². The summed E-state index contributed by atoms with van der Waals surface area (Å²) in [5.41, 5.74) is 1.50. The van der Waals surface area contributed by atoms with E-state index in [2.05, 4.69) is 15.3 Å². The van der Waals surface area contributed by atoms with Crippen molar-refractivity contribution < 1.29 is 0 Å². The van der Waals surface area contributed by atoms with Crippen molar-refractivity contribution in [3.63, 3.8) is 0 Å². The van der Waals surface area contributed by atoms with E-state index in [-0.39, 0.29) is 5.69 Å². The Labute approximate surface area is 80.2 Å². The van der Waals surface area contributed by atoms with Crippen LogP contribution < -0.4 is 5.69 Å². The number of aryl methyl sites for hydroxylation is 2. The van der Waals surface area contributed by atoms with Gasteiger partial charge in [0.25, 0.3) is 0 Å². The summed E-state index contributed by atoms with van der Waals surface area (Å²) in [6.45, 7) is 1.90. The van der Waals surface area contributed by atoms with Crippen LogP contribution in [0, 0.1) is 6.92 Å². The number of aromatic nitrogens is 5. The Bertz CT molecular complexity index is 518. The van der Waals surface area contributed by atoms with Crippen LogP contribution in [0.5, 0.6) is 0 Å². The summed E-state index contributed by atoms with van der Waals surface area (Å²) in [7, 11) is 3.49. The molecule has 0 aliphatic rings. The molecule has 6 nitrogen and oxygen atoms in total. The molecule has 2 aromatic heterocycles. The molecule has 14 heavy (non-hydrogen) atoms. The van der Waals surface area contributed by atoms with Crippen molar-refractivity contribution >= 4 is 0 Å². The summed E-state index contributed by atoms with van der Waals surface area (Å²) < 4.78 is 3.15. The minimum atomic E-state index is -0.223. The van der Waals surface area contributed by atoms with Crippen LogP contribution >= 0.6 is 0 Å². The van der Waals surface area contributed by atoms with E-state index in [1.807, 2.05) is 20.0 Å². The molecule has 6 heteroatoms. The van der Waals surface area contributed by atoms with Gasteiger partial charge in [-0.2, -0.15) is 10.2 Å². The highest BCUT2D eigenvalue weighted by Crippen LogP contribution is 2.14.